The minimum atomic E-state index is -0.820. The molecular weight excluding hydrogens is 280 g/mol. The second kappa shape index (κ2) is 8.73. The van der Waals surface area contributed by atoms with Gasteiger partial charge in [-0.15, -0.1) is 0 Å². The number of nitrogens with one attached hydrogen (secondary N) is 1. The Bertz CT molecular complexity index is 491. The van der Waals surface area contributed by atoms with Gasteiger partial charge in [0.2, 0.25) is 5.88 Å². The van der Waals surface area contributed by atoms with E-state index in [1.54, 1.807) is 20.2 Å². The van der Waals surface area contributed by atoms with Gasteiger partial charge in [0.05, 0.1) is 18.5 Å². The van der Waals surface area contributed by atoms with Gasteiger partial charge in [-0.3, -0.25) is 4.79 Å². The molecule has 1 aromatic heterocycles. The van der Waals surface area contributed by atoms with Crippen molar-refractivity contribution in [2.24, 2.45) is 0 Å². The Morgan fingerprint density at radius 1 is 1.36 bits per heavy atom. The summed E-state index contributed by atoms with van der Waals surface area (Å²) in [7, 11) is 1.56. The first-order valence-corrected chi connectivity index (χ1v) is 7.92. The molecule has 0 saturated heterocycles. The standard InChI is InChI=1S/C17H28N2O3/c1-6-8-10-22-15-13(3)11-14(12-18-15)19-16(20)17(4,21-5)9-7-2/h11-12H,6-10H2,1-5H3,(H,19,20)/t17-/m1/s1. The number of amides is 1. The highest BCUT2D eigenvalue weighted by atomic mass is 16.5. The number of hydrogen-bond acceptors (Lipinski definition) is 4. The fourth-order valence-electron chi connectivity index (χ4n) is 2.14. The second-order valence-electron chi connectivity index (χ2n) is 5.69. The van der Waals surface area contributed by atoms with Crippen molar-refractivity contribution in [3.8, 4) is 5.88 Å². The Morgan fingerprint density at radius 3 is 2.64 bits per heavy atom. The SMILES string of the molecule is CCCCOc1ncc(NC(=O)[C@@](C)(CCC)OC)cc1C. The molecule has 1 amide bonds. The predicted molar refractivity (Wildman–Crippen MR) is 88.3 cm³/mol. The second-order valence-corrected chi connectivity index (χ2v) is 5.69. The molecule has 0 fully saturated rings. The van der Waals surface area contributed by atoms with Crippen LogP contribution in [0.3, 0.4) is 0 Å². The number of carbonyl (C=O) groups is 1. The average Bonchev–Trinajstić information content (AvgIpc) is 2.49. The largest absolute Gasteiger partial charge is 0.477 e. The van der Waals surface area contributed by atoms with Gasteiger partial charge in [0.15, 0.2) is 0 Å². The van der Waals surface area contributed by atoms with Crippen LogP contribution in [-0.4, -0.2) is 30.2 Å². The number of carbonyl (C=O) groups excluding carboxylic acids is 1. The molecule has 0 saturated carbocycles. The molecule has 0 bridgehead atoms. The van der Waals surface area contributed by atoms with Crippen LogP contribution >= 0.6 is 0 Å². The van der Waals surface area contributed by atoms with Gasteiger partial charge in [0.1, 0.15) is 5.60 Å². The summed E-state index contributed by atoms with van der Waals surface area (Å²) < 4.78 is 11.0. The van der Waals surface area contributed by atoms with Crippen LogP contribution in [0.5, 0.6) is 5.88 Å². The molecule has 0 unspecified atom stereocenters. The number of nitrogens with zero attached hydrogens (tertiary/aromatic N) is 1. The first-order valence-electron chi connectivity index (χ1n) is 7.92. The Labute approximate surface area is 133 Å². The lowest BCUT2D eigenvalue weighted by atomic mass is 9.99. The molecule has 0 aliphatic carbocycles. The molecule has 1 heterocycles. The molecule has 1 N–H and O–H groups in total. The van der Waals surface area contributed by atoms with Crippen LogP contribution in [0, 0.1) is 6.92 Å². The van der Waals surface area contributed by atoms with Crippen LogP contribution < -0.4 is 10.1 Å². The molecule has 1 atom stereocenters. The summed E-state index contributed by atoms with van der Waals surface area (Å²) in [4.78, 5) is 16.6. The highest BCUT2D eigenvalue weighted by Crippen LogP contribution is 2.22. The molecular formula is C17H28N2O3. The highest BCUT2D eigenvalue weighted by molar-refractivity contribution is 5.97. The maximum absolute atomic E-state index is 12.4. The van der Waals surface area contributed by atoms with E-state index < -0.39 is 5.60 Å². The van der Waals surface area contributed by atoms with Crippen molar-refractivity contribution in [2.45, 2.75) is 59.0 Å². The third-order valence-corrected chi connectivity index (χ3v) is 3.68. The maximum Gasteiger partial charge on any atom is 0.256 e. The molecule has 0 aliphatic rings. The summed E-state index contributed by atoms with van der Waals surface area (Å²) in [6, 6.07) is 1.87. The van der Waals surface area contributed by atoms with Gasteiger partial charge in [-0.1, -0.05) is 26.7 Å². The Kier molecular flexibility index (Phi) is 7.32. The van der Waals surface area contributed by atoms with Crippen molar-refractivity contribution >= 4 is 11.6 Å². The van der Waals surface area contributed by atoms with E-state index in [-0.39, 0.29) is 5.91 Å². The lowest BCUT2D eigenvalue weighted by Gasteiger charge is -2.26. The summed E-state index contributed by atoms with van der Waals surface area (Å²) in [6.07, 6.45) is 5.25. The Morgan fingerprint density at radius 2 is 2.09 bits per heavy atom. The van der Waals surface area contributed by atoms with Gasteiger partial charge in [-0.05, 0) is 32.8 Å². The fourth-order valence-corrected chi connectivity index (χ4v) is 2.14. The van der Waals surface area contributed by atoms with E-state index in [0.717, 1.165) is 24.8 Å². The predicted octanol–water partition coefficient (Wildman–Crippen LogP) is 3.71. The van der Waals surface area contributed by atoms with Gasteiger partial charge in [-0.2, -0.15) is 0 Å². The minimum absolute atomic E-state index is 0.155. The zero-order valence-corrected chi connectivity index (χ0v) is 14.4. The van der Waals surface area contributed by atoms with Crippen molar-refractivity contribution in [1.29, 1.82) is 0 Å². The Hall–Kier alpha value is -1.62. The van der Waals surface area contributed by atoms with Gasteiger partial charge in [0.25, 0.3) is 5.91 Å². The normalized spacial score (nSPS) is 13.5. The summed E-state index contributed by atoms with van der Waals surface area (Å²) >= 11 is 0. The monoisotopic (exact) mass is 308 g/mol. The molecule has 0 aromatic carbocycles. The van der Waals surface area contributed by atoms with Crippen molar-refractivity contribution in [1.82, 2.24) is 4.98 Å². The third-order valence-electron chi connectivity index (χ3n) is 3.68. The molecule has 5 nitrogen and oxygen atoms in total. The quantitative estimate of drug-likeness (QED) is 0.706. The first-order chi connectivity index (χ1) is 10.5. The summed E-state index contributed by atoms with van der Waals surface area (Å²) in [5, 5.41) is 2.87. The fraction of sp³-hybridized carbons (Fsp3) is 0.647. The number of unbranched alkanes of at least 4 members (excludes halogenated alkanes) is 1. The average molecular weight is 308 g/mol. The summed E-state index contributed by atoms with van der Waals surface area (Å²) in [5.41, 5.74) is 0.743. The van der Waals surface area contributed by atoms with Crippen LogP contribution in [0.15, 0.2) is 12.3 Å². The lowest BCUT2D eigenvalue weighted by Crippen LogP contribution is -2.41. The number of aryl methyl sites for hydroxylation is 1. The number of anilines is 1. The van der Waals surface area contributed by atoms with E-state index in [1.165, 1.54) is 0 Å². The number of methoxy groups -OCH3 is 1. The smallest absolute Gasteiger partial charge is 0.256 e. The van der Waals surface area contributed by atoms with Crippen LogP contribution in [-0.2, 0) is 9.53 Å². The van der Waals surface area contributed by atoms with Crippen LogP contribution in [0.1, 0.15) is 52.0 Å². The van der Waals surface area contributed by atoms with Crippen molar-refractivity contribution in [3.63, 3.8) is 0 Å². The molecule has 0 radical (unpaired) electrons. The van der Waals surface area contributed by atoms with Gasteiger partial charge in [0, 0.05) is 12.7 Å². The van der Waals surface area contributed by atoms with E-state index in [1.807, 2.05) is 19.9 Å². The van der Waals surface area contributed by atoms with Crippen molar-refractivity contribution < 1.29 is 14.3 Å². The summed E-state index contributed by atoms with van der Waals surface area (Å²) in [5.74, 6) is 0.465. The summed E-state index contributed by atoms with van der Waals surface area (Å²) in [6.45, 7) is 8.53. The van der Waals surface area contributed by atoms with Crippen molar-refractivity contribution in [3.05, 3.63) is 17.8 Å². The zero-order chi connectivity index (χ0) is 16.6. The maximum atomic E-state index is 12.4. The molecule has 124 valence electrons. The number of hydrogen-bond donors (Lipinski definition) is 1. The number of aromatic nitrogens is 1. The Balaban J connectivity index is 2.74. The molecule has 5 heteroatoms. The molecule has 22 heavy (non-hydrogen) atoms. The van der Waals surface area contributed by atoms with Crippen LogP contribution in [0.25, 0.3) is 0 Å². The zero-order valence-electron chi connectivity index (χ0n) is 14.4. The number of ether oxygens (including phenoxy) is 2. The van der Waals surface area contributed by atoms with E-state index in [9.17, 15) is 4.79 Å². The van der Waals surface area contributed by atoms with Gasteiger partial charge >= 0.3 is 0 Å². The van der Waals surface area contributed by atoms with Crippen molar-refractivity contribution in [2.75, 3.05) is 19.0 Å². The van der Waals surface area contributed by atoms with E-state index >= 15 is 0 Å². The number of rotatable bonds is 9. The van der Waals surface area contributed by atoms with Crippen LogP contribution in [0.4, 0.5) is 5.69 Å². The first kappa shape index (κ1) is 18.4. The highest BCUT2D eigenvalue weighted by Gasteiger charge is 2.32. The molecule has 1 aromatic rings. The molecule has 0 spiro atoms. The molecule has 0 aliphatic heterocycles. The lowest BCUT2D eigenvalue weighted by molar-refractivity contribution is -0.136. The van der Waals surface area contributed by atoms with Gasteiger partial charge in [-0.25, -0.2) is 4.98 Å². The van der Waals surface area contributed by atoms with Gasteiger partial charge < -0.3 is 14.8 Å². The van der Waals surface area contributed by atoms with E-state index in [2.05, 4.69) is 17.2 Å². The topological polar surface area (TPSA) is 60.5 Å². The van der Waals surface area contributed by atoms with E-state index in [4.69, 9.17) is 9.47 Å². The van der Waals surface area contributed by atoms with E-state index in [0.29, 0.717) is 24.6 Å². The number of pyridine rings is 1. The third kappa shape index (κ3) is 4.98. The van der Waals surface area contributed by atoms with Crippen LogP contribution in [0.2, 0.25) is 0 Å². The minimum Gasteiger partial charge on any atom is -0.477 e. The molecule has 1 rings (SSSR count).